The monoisotopic (exact) mass is 355 g/mol. The lowest BCUT2D eigenvalue weighted by molar-refractivity contribution is 0.0968. The molecule has 1 N–H and O–H groups in total. The van der Waals surface area contributed by atoms with Crippen LogP contribution in [0.3, 0.4) is 0 Å². The molecule has 0 spiro atoms. The molecule has 1 saturated heterocycles. The van der Waals surface area contributed by atoms with Crippen molar-refractivity contribution in [3.8, 4) is 0 Å². The van der Waals surface area contributed by atoms with Crippen molar-refractivity contribution in [2.24, 2.45) is 5.92 Å². The molecule has 1 unspecified atom stereocenters. The maximum Gasteiger partial charge on any atom is 0.0968 e. The minimum atomic E-state index is 0.178. The minimum absolute atomic E-state index is 0.178. The van der Waals surface area contributed by atoms with Crippen LogP contribution in [-0.2, 0) is 11.2 Å². The van der Waals surface area contributed by atoms with Crippen molar-refractivity contribution in [2.45, 2.75) is 25.3 Å². The van der Waals surface area contributed by atoms with Gasteiger partial charge in [-0.15, -0.1) is 0 Å². The molecule has 1 atom stereocenters. The number of piperidine rings is 1. The third kappa shape index (κ3) is 3.82. The molecule has 2 aliphatic heterocycles. The second-order valence-electron chi connectivity index (χ2n) is 7.45. The zero-order chi connectivity index (χ0) is 17.8. The fourth-order valence-corrected chi connectivity index (χ4v) is 4.33. The number of methoxy groups -OCH3 is 1. The van der Waals surface area contributed by atoms with Gasteiger partial charge in [-0.05, 0) is 44.0 Å². The first-order valence-corrected chi connectivity index (χ1v) is 9.73. The molecule has 0 saturated carbocycles. The summed E-state index contributed by atoms with van der Waals surface area (Å²) in [7, 11) is 1.78. The van der Waals surface area contributed by atoms with Crippen LogP contribution in [-0.4, -0.2) is 71.2 Å². The molecule has 4 heterocycles. The van der Waals surface area contributed by atoms with E-state index in [1.165, 1.54) is 31.6 Å². The Morgan fingerprint density at radius 3 is 2.85 bits per heavy atom. The largest absolute Gasteiger partial charge is 0.383 e. The number of likely N-dealkylation sites (tertiary alicyclic amines) is 1. The molecular formula is C20H29N5O. The highest BCUT2D eigenvalue weighted by Gasteiger charge is 2.33. The Kier molecular flexibility index (Phi) is 5.62. The van der Waals surface area contributed by atoms with Gasteiger partial charge in [0.05, 0.1) is 30.4 Å². The lowest BCUT2D eigenvalue weighted by Gasteiger charge is -2.39. The second-order valence-corrected chi connectivity index (χ2v) is 7.45. The minimum Gasteiger partial charge on any atom is -0.383 e. The Labute approximate surface area is 155 Å². The molecule has 26 heavy (non-hydrogen) atoms. The molecule has 0 aliphatic carbocycles. The van der Waals surface area contributed by atoms with E-state index in [0.717, 1.165) is 50.0 Å². The molecule has 0 amide bonds. The van der Waals surface area contributed by atoms with Gasteiger partial charge in [-0.25, -0.2) is 4.98 Å². The van der Waals surface area contributed by atoms with E-state index in [1.807, 2.05) is 18.6 Å². The number of pyridine rings is 1. The smallest absolute Gasteiger partial charge is 0.0968 e. The number of ether oxygens (including phenoxy) is 1. The first-order valence-electron chi connectivity index (χ1n) is 9.73. The molecule has 2 aromatic rings. The Bertz CT molecular complexity index is 681. The normalized spacial score (nSPS) is 22.4. The van der Waals surface area contributed by atoms with Crippen molar-refractivity contribution in [1.82, 2.24) is 24.8 Å². The van der Waals surface area contributed by atoms with E-state index in [4.69, 9.17) is 4.74 Å². The van der Waals surface area contributed by atoms with Crippen LogP contribution in [0.2, 0.25) is 0 Å². The van der Waals surface area contributed by atoms with Crippen LogP contribution < -0.4 is 0 Å². The molecule has 2 aromatic heterocycles. The van der Waals surface area contributed by atoms with Crippen LogP contribution in [0.5, 0.6) is 0 Å². The number of hydrogen-bond acceptors (Lipinski definition) is 5. The summed E-state index contributed by atoms with van der Waals surface area (Å²) in [5.41, 5.74) is 3.54. The summed E-state index contributed by atoms with van der Waals surface area (Å²) >= 11 is 0. The summed E-state index contributed by atoms with van der Waals surface area (Å²) in [6.07, 6.45) is 7.30. The Hall–Kier alpha value is -1.76. The number of fused-ring (bicyclic) bond motifs is 1. The number of rotatable bonds is 6. The van der Waals surface area contributed by atoms with Gasteiger partial charge < -0.3 is 14.6 Å². The second kappa shape index (κ2) is 8.29. The van der Waals surface area contributed by atoms with Gasteiger partial charge in [0, 0.05) is 45.1 Å². The van der Waals surface area contributed by atoms with Crippen LogP contribution in [0.4, 0.5) is 0 Å². The average Bonchev–Trinajstić information content (AvgIpc) is 3.17. The van der Waals surface area contributed by atoms with Crippen LogP contribution in [0.15, 0.2) is 30.7 Å². The molecule has 4 rings (SSSR count). The fourth-order valence-electron chi connectivity index (χ4n) is 4.33. The van der Waals surface area contributed by atoms with Gasteiger partial charge in [-0.2, -0.15) is 0 Å². The van der Waals surface area contributed by atoms with E-state index >= 15 is 0 Å². The number of H-pyrrole nitrogens is 1. The van der Waals surface area contributed by atoms with E-state index < -0.39 is 0 Å². The van der Waals surface area contributed by atoms with Crippen LogP contribution in [0, 0.1) is 5.92 Å². The van der Waals surface area contributed by atoms with Crippen LogP contribution in [0.1, 0.15) is 36.0 Å². The highest BCUT2D eigenvalue weighted by atomic mass is 16.5. The third-order valence-corrected chi connectivity index (χ3v) is 5.80. The molecule has 0 bridgehead atoms. The lowest BCUT2D eigenvalue weighted by atomic mass is 9.92. The van der Waals surface area contributed by atoms with Crippen LogP contribution >= 0.6 is 0 Å². The summed E-state index contributed by atoms with van der Waals surface area (Å²) in [5, 5.41) is 0. The predicted molar refractivity (Wildman–Crippen MR) is 101 cm³/mol. The first-order chi connectivity index (χ1) is 12.8. The SMILES string of the molecule is COCCN1CCC(CN2CCc3[nH]cnc3C2c2ccccn2)CC1. The van der Waals surface area contributed by atoms with Crippen molar-refractivity contribution >= 4 is 0 Å². The number of aromatic amines is 1. The van der Waals surface area contributed by atoms with E-state index in [1.54, 1.807) is 7.11 Å². The highest BCUT2D eigenvalue weighted by molar-refractivity contribution is 5.28. The summed E-state index contributed by atoms with van der Waals surface area (Å²) in [6.45, 7) is 6.46. The Morgan fingerprint density at radius 1 is 1.19 bits per heavy atom. The number of nitrogens with one attached hydrogen (secondary N) is 1. The third-order valence-electron chi connectivity index (χ3n) is 5.80. The van der Waals surface area contributed by atoms with E-state index in [9.17, 15) is 0 Å². The number of hydrogen-bond donors (Lipinski definition) is 1. The van der Waals surface area contributed by atoms with Crippen LogP contribution in [0.25, 0.3) is 0 Å². The standard InChI is InChI=1S/C20H29N5O/c1-26-13-12-24-9-5-16(6-10-24)14-25-11-7-17-19(23-15-22-17)20(25)18-4-2-3-8-21-18/h2-4,8,15-16,20H,5-7,9-14H2,1H3,(H,22,23). The Balaban J connectivity index is 1.44. The van der Waals surface area contributed by atoms with E-state index in [-0.39, 0.29) is 6.04 Å². The predicted octanol–water partition coefficient (Wildman–Crippen LogP) is 2.11. The maximum atomic E-state index is 5.21. The highest BCUT2D eigenvalue weighted by Crippen LogP contribution is 2.33. The van der Waals surface area contributed by atoms with Crippen molar-refractivity contribution in [2.75, 3.05) is 46.4 Å². The quantitative estimate of drug-likeness (QED) is 0.860. The zero-order valence-electron chi connectivity index (χ0n) is 15.6. The lowest BCUT2D eigenvalue weighted by Crippen LogP contribution is -2.43. The van der Waals surface area contributed by atoms with Gasteiger partial charge in [-0.1, -0.05) is 6.07 Å². The average molecular weight is 355 g/mol. The first kappa shape index (κ1) is 17.6. The molecule has 6 heteroatoms. The van der Waals surface area contributed by atoms with Gasteiger partial charge in [0.1, 0.15) is 0 Å². The van der Waals surface area contributed by atoms with Gasteiger partial charge in [0.15, 0.2) is 0 Å². The Morgan fingerprint density at radius 2 is 2.08 bits per heavy atom. The van der Waals surface area contributed by atoms with Gasteiger partial charge in [-0.3, -0.25) is 9.88 Å². The van der Waals surface area contributed by atoms with E-state index in [0.29, 0.717) is 0 Å². The number of aromatic nitrogens is 3. The van der Waals surface area contributed by atoms with E-state index in [2.05, 4.69) is 36.9 Å². The van der Waals surface area contributed by atoms with Crippen molar-refractivity contribution in [3.63, 3.8) is 0 Å². The molecular weight excluding hydrogens is 326 g/mol. The molecule has 0 radical (unpaired) electrons. The van der Waals surface area contributed by atoms with Gasteiger partial charge in [0.2, 0.25) is 0 Å². The van der Waals surface area contributed by atoms with Crippen molar-refractivity contribution in [1.29, 1.82) is 0 Å². The topological polar surface area (TPSA) is 57.3 Å². The van der Waals surface area contributed by atoms with Gasteiger partial charge in [0.25, 0.3) is 0 Å². The van der Waals surface area contributed by atoms with Crippen molar-refractivity contribution in [3.05, 3.63) is 47.8 Å². The molecule has 6 nitrogen and oxygen atoms in total. The summed E-state index contributed by atoms with van der Waals surface area (Å²) in [4.78, 5) is 17.7. The molecule has 140 valence electrons. The number of nitrogens with zero attached hydrogens (tertiary/aromatic N) is 4. The molecule has 2 aliphatic rings. The molecule has 1 fully saturated rings. The van der Waals surface area contributed by atoms with Crippen molar-refractivity contribution < 1.29 is 4.74 Å². The summed E-state index contributed by atoms with van der Waals surface area (Å²) in [5.74, 6) is 0.750. The number of imidazole rings is 1. The maximum absolute atomic E-state index is 5.21. The fraction of sp³-hybridized carbons (Fsp3) is 0.600. The summed E-state index contributed by atoms with van der Waals surface area (Å²) < 4.78 is 5.21. The van der Waals surface area contributed by atoms with Gasteiger partial charge >= 0.3 is 0 Å². The summed E-state index contributed by atoms with van der Waals surface area (Å²) in [6, 6.07) is 6.38. The molecule has 0 aromatic carbocycles. The zero-order valence-corrected chi connectivity index (χ0v) is 15.6.